The second kappa shape index (κ2) is 8.68. The van der Waals surface area contributed by atoms with Gasteiger partial charge in [-0.25, -0.2) is 18.0 Å². The van der Waals surface area contributed by atoms with Crippen LogP contribution < -0.4 is 0 Å². The van der Waals surface area contributed by atoms with Crippen LogP contribution in [0.4, 0.5) is 39.5 Å². The lowest BCUT2D eigenvalue weighted by Crippen LogP contribution is -2.20. The van der Waals surface area contributed by atoms with Crippen LogP contribution in [0.3, 0.4) is 0 Å². The molecule has 12 heteroatoms. The van der Waals surface area contributed by atoms with Gasteiger partial charge >= 0.3 is 18.3 Å². The minimum atomic E-state index is -5.23. The van der Waals surface area contributed by atoms with E-state index in [4.69, 9.17) is 16.7 Å². The van der Waals surface area contributed by atoms with E-state index in [2.05, 4.69) is 0 Å². The topological polar surface area (TPSA) is 37.3 Å². The molecule has 0 aromatic heterocycles. The maximum atomic E-state index is 14.6. The summed E-state index contributed by atoms with van der Waals surface area (Å²) in [6, 6.07) is 2.86. The monoisotopic (exact) mass is 490 g/mol. The molecule has 0 heterocycles. The zero-order valence-electron chi connectivity index (χ0n) is 15.8. The highest BCUT2D eigenvalue weighted by atomic mass is 35.5. The molecule has 0 aliphatic carbocycles. The number of aromatic carboxylic acids is 1. The SMILES string of the molecule is CC(F)(F)c1cc(Cl)cc(C(C=C(F)c2ccc(C(=O)O)c(C(F)(F)F)c2)C(F)(F)F)c1. The van der Waals surface area contributed by atoms with E-state index in [-0.39, 0.29) is 12.1 Å². The summed E-state index contributed by atoms with van der Waals surface area (Å²) >= 11 is 5.63. The fourth-order valence-corrected chi connectivity index (χ4v) is 3.02. The van der Waals surface area contributed by atoms with Gasteiger partial charge in [-0.15, -0.1) is 0 Å². The highest BCUT2D eigenvalue weighted by Gasteiger charge is 2.41. The van der Waals surface area contributed by atoms with E-state index in [1.54, 1.807) is 0 Å². The van der Waals surface area contributed by atoms with Gasteiger partial charge in [0, 0.05) is 23.1 Å². The first-order valence-electron chi connectivity index (χ1n) is 8.49. The summed E-state index contributed by atoms with van der Waals surface area (Å²) in [6.45, 7) is 0.407. The van der Waals surface area contributed by atoms with Crippen molar-refractivity contribution in [2.24, 2.45) is 0 Å². The van der Waals surface area contributed by atoms with Gasteiger partial charge in [-0.05, 0) is 42.0 Å². The van der Waals surface area contributed by atoms with Crippen LogP contribution in [0.2, 0.25) is 5.02 Å². The molecule has 0 aliphatic rings. The largest absolute Gasteiger partial charge is 0.478 e. The van der Waals surface area contributed by atoms with Gasteiger partial charge in [-0.2, -0.15) is 26.3 Å². The number of benzene rings is 2. The maximum Gasteiger partial charge on any atom is 0.417 e. The Balaban J connectivity index is 2.65. The highest BCUT2D eigenvalue weighted by molar-refractivity contribution is 6.30. The molecule has 0 bridgehead atoms. The van der Waals surface area contributed by atoms with E-state index >= 15 is 0 Å². The van der Waals surface area contributed by atoms with Gasteiger partial charge in [-0.1, -0.05) is 17.7 Å². The fraction of sp³-hybridized carbons (Fsp3) is 0.250. The highest BCUT2D eigenvalue weighted by Crippen LogP contribution is 2.42. The van der Waals surface area contributed by atoms with Crippen molar-refractivity contribution in [1.29, 1.82) is 0 Å². The second-order valence-electron chi connectivity index (χ2n) is 6.76. The molecule has 2 aromatic rings. The Labute approximate surface area is 179 Å². The van der Waals surface area contributed by atoms with Crippen molar-refractivity contribution in [2.45, 2.75) is 31.1 Å². The lowest BCUT2D eigenvalue weighted by Gasteiger charge is -2.20. The van der Waals surface area contributed by atoms with Crippen molar-refractivity contribution in [3.8, 4) is 0 Å². The molecule has 2 aromatic carbocycles. The van der Waals surface area contributed by atoms with Crippen molar-refractivity contribution in [3.05, 3.63) is 75.3 Å². The minimum absolute atomic E-state index is 0.0479. The molecule has 0 amide bonds. The van der Waals surface area contributed by atoms with Crippen LogP contribution in [-0.2, 0) is 12.1 Å². The molecule has 1 unspecified atom stereocenters. The Morgan fingerprint density at radius 2 is 1.59 bits per heavy atom. The summed E-state index contributed by atoms with van der Waals surface area (Å²) in [5.41, 5.74) is -5.74. The molecule has 1 atom stereocenters. The minimum Gasteiger partial charge on any atom is -0.478 e. The van der Waals surface area contributed by atoms with Gasteiger partial charge < -0.3 is 5.11 Å². The van der Waals surface area contributed by atoms with Gasteiger partial charge in [0.15, 0.2) is 0 Å². The Morgan fingerprint density at radius 3 is 2.06 bits per heavy atom. The summed E-state index contributed by atoms with van der Waals surface area (Å²) in [4.78, 5) is 11.0. The number of halogens is 10. The number of allylic oxidation sites excluding steroid dienone is 1. The van der Waals surface area contributed by atoms with Gasteiger partial charge in [0.2, 0.25) is 0 Å². The molecule has 2 nitrogen and oxygen atoms in total. The maximum absolute atomic E-state index is 14.6. The van der Waals surface area contributed by atoms with Gasteiger partial charge in [0.05, 0.1) is 11.1 Å². The van der Waals surface area contributed by atoms with Crippen LogP contribution in [0.5, 0.6) is 0 Å². The molecule has 0 fully saturated rings. The second-order valence-corrected chi connectivity index (χ2v) is 7.20. The molecule has 0 spiro atoms. The number of carbonyl (C=O) groups is 1. The van der Waals surface area contributed by atoms with E-state index < -0.39 is 68.8 Å². The molecule has 2 rings (SSSR count). The van der Waals surface area contributed by atoms with E-state index in [1.165, 1.54) is 0 Å². The van der Waals surface area contributed by atoms with E-state index in [1.807, 2.05) is 0 Å². The molecule has 0 aliphatic heterocycles. The number of hydrogen-bond acceptors (Lipinski definition) is 1. The van der Waals surface area contributed by atoms with E-state index in [0.717, 1.165) is 6.07 Å². The molecule has 32 heavy (non-hydrogen) atoms. The average Bonchev–Trinajstić information content (AvgIpc) is 2.62. The zero-order valence-corrected chi connectivity index (χ0v) is 16.5. The molecular weight excluding hydrogens is 479 g/mol. The number of carboxylic acid groups (broad SMARTS) is 1. The molecule has 174 valence electrons. The predicted octanol–water partition coefficient (Wildman–Crippen LogP) is 7.83. The van der Waals surface area contributed by atoms with Gasteiger partial charge in [0.1, 0.15) is 11.7 Å². The van der Waals surface area contributed by atoms with Crippen molar-refractivity contribution < 1.29 is 49.4 Å². The first-order chi connectivity index (χ1) is 14.4. The van der Waals surface area contributed by atoms with Gasteiger partial charge in [0.25, 0.3) is 5.92 Å². The van der Waals surface area contributed by atoms with Crippen LogP contribution in [0.15, 0.2) is 42.5 Å². The van der Waals surface area contributed by atoms with Crippen LogP contribution in [0.25, 0.3) is 5.83 Å². The summed E-state index contributed by atoms with van der Waals surface area (Å²) in [5.74, 6) is -10.2. The van der Waals surface area contributed by atoms with Crippen molar-refractivity contribution in [2.75, 3.05) is 0 Å². The predicted molar refractivity (Wildman–Crippen MR) is 97.3 cm³/mol. The first kappa shape index (κ1) is 25.6. The zero-order chi connectivity index (χ0) is 24.6. The Morgan fingerprint density at radius 1 is 1.00 bits per heavy atom. The normalized spacial score (nSPS) is 14.4. The molecule has 0 saturated heterocycles. The third kappa shape index (κ3) is 5.96. The first-order valence-corrected chi connectivity index (χ1v) is 8.86. The molecular formula is C20H12ClF9O2. The summed E-state index contributed by atoms with van der Waals surface area (Å²) in [6.07, 6.45) is -10.6. The Bertz CT molecular complexity index is 1050. The lowest BCUT2D eigenvalue weighted by atomic mass is 9.93. The van der Waals surface area contributed by atoms with Crippen molar-refractivity contribution in [1.82, 2.24) is 0 Å². The van der Waals surface area contributed by atoms with Crippen LogP contribution in [-0.4, -0.2) is 17.3 Å². The summed E-state index contributed by atoms with van der Waals surface area (Å²) < 4.78 is 122. The third-order valence-electron chi connectivity index (χ3n) is 4.28. The lowest BCUT2D eigenvalue weighted by molar-refractivity contribution is -0.140. The van der Waals surface area contributed by atoms with Crippen molar-refractivity contribution in [3.63, 3.8) is 0 Å². The number of alkyl halides is 8. The van der Waals surface area contributed by atoms with Gasteiger partial charge in [-0.3, -0.25) is 0 Å². The molecule has 1 N–H and O–H groups in total. The third-order valence-corrected chi connectivity index (χ3v) is 4.50. The standard InChI is InChI=1S/C20H12ClF9O2/c1-18(23,24)11-4-10(5-12(21)7-11)14(19(25,26)27)8-16(22)9-2-3-13(17(31)32)15(6-9)20(28,29)30/h2-8,14H,1H3,(H,31,32). The van der Waals surface area contributed by atoms with Crippen molar-refractivity contribution >= 4 is 23.4 Å². The number of rotatable bonds is 5. The smallest absolute Gasteiger partial charge is 0.417 e. The van der Waals surface area contributed by atoms with Crippen LogP contribution in [0.1, 0.15) is 45.5 Å². The molecule has 0 radical (unpaired) electrons. The van der Waals surface area contributed by atoms with Crippen LogP contribution >= 0.6 is 11.6 Å². The quantitative estimate of drug-likeness (QED) is 0.434. The summed E-state index contributed by atoms with van der Waals surface area (Å²) in [5, 5.41) is 8.35. The summed E-state index contributed by atoms with van der Waals surface area (Å²) in [7, 11) is 0. The van der Waals surface area contributed by atoms with E-state index in [9.17, 15) is 44.3 Å². The Kier molecular flexibility index (Phi) is 6.94. The number of carboxylic acids is 1. The van der Waals surface area contributed by atoms with Crippen LogP contribution in [0, 0.1) is 0 Å². The number of hydrogen-bond donors (Lipinski definition) is 1. The Hall–Kier alpha value is -2.69. The average molecular weight is 491 g/mol. The fourth-order valence-electron chi connectivity index (χ4n) is 2.78. The van der Waals surface area contributed by atoms with E-state index in [0.29, 0.717) is 31.2 Å². The molecule has 0 saturated carbocycles.